The van der Waals surface area contributed by atoms with Gasteiger partial charge in [0.15, 0.2) is 0 Å². The van der Waals surface area contributed by atoms with Crippen molar-refractivity contribution in [3.05, 3.63) is 33.4 Å². The van der Waals surface area contributed by atoms with Crippen LogP contribution in [0.4, 0.5) is 0 Å². The number of hydrogen-bond donors (Lipinski definition) is 1. The van der Waals surface area contributed by atoms with Gasteiger partial charge in [-0.25, -0.2) is 0 Å². The molecular formula is C23H40O2. The SMILES string of the molecule is CCCC(C)=C(C)C(C)=C(C)C(C)=C(C)CCCCCCCC(=O)O. The Morgan fingerprint density at radius 3 is 1.44 bits per heavy atom. The summed E-state index contributed by atoms with van der Waals surface area (Å²) >= 11 is 0. The molecule has 0 aliphatic rings. The second-order valence-electron chi connectivity index (χ2n) is 7.47. The normalized spacial score (nSPS) is 14.7. The van der Waals surface area contributed by atoms with E-state index in [9.17, 15) is 4.79 Å². The van der Waals surface area contributed by atoms with Crippen LogP contribution >= 0.6 is 0 Å². The topological polar surface area (TPSA) is 37.3 Å². The Morgan fingerprint density at radius 2 is 1.00 bits per heavy atom. The number of rotatable bonds is 12. The standard InChI is InChI=1S/C23H40O2/c1-8-14-17(2)19(4)21(6)22(7)20(5)18(3)15-12-10-9-11-13-16-23(24)25/h8-16H2,1-7H3,(H,24,25). The summed E-state index contributed by atoms with van der Waals surface area (Å²) < 4.78 is 0. The third kappa shape index (κ3) is 9.67. The third-order valence-electron chi connectivity index (χ3n) is 5.54. The molecule has 0 amide bonds. The fraction of sp³-hybridized carbons (Fsp3) is 0.696. The fourth-order valence-corrected chi connectivity index (χ4v) is 3.15. The number of unbranched alkanes of at least 4 members (excludes halogenated alkanes) is 4. The summed E-state index contributed by atoms with van der Waals surface area (Å²) in [7, 11) is 0. The molecule has 1 N–H and O–H groups in total. The molecule has 0 spiro atoms. The van der Waals surface area contributed by atoms with Gasteiger partial charge < -0.3 is 5.11 Å². The van der Waals surface area contributed by atoms with E-state index >= 15 is 0 Å². The molecule has 0 aromatic heterocycles. The summed E-state index contributed by atoms with van der Waals surface area (Å²) in [5.41, 5.74) is 8.73. The molecule has 2 heteroatoms. The average Bonchev–Trinajstić information content (AvgIpc) is 2.57. The van der Waals surface area contributed by atoms with Crippen molar-refractivity contribution in [2.45, 2.75) is 106 Å². The summed E-state index contributed by atoms with van der Waals surface area (Å²) in [4.78, 5) is 10.5. The Morgan fingerprint density at radius 1 is 0.600 bits per heavy atom. The summed E-state index contributed by atoms with van der Waals surface area (Å²) in [6.45, 7) is 15.8. The summed E-state index contributed by atoms with van der Waals surface area (Å²) in [5.74, 6) is -0.675. The van der Waals surface area contributed by atoms with Gasteiger partial charge in [-0.1, -0.05) is 43.8 Å². The molecule has 0 aliphatic heterocycles. The van der Waals surface area contributed by atoms with Crippen LogP contribution in [0.1, 0.15) is 106 Å². The first kappa shape index (κ1) is 23.7. The van der Waals surface area contributed by atoms with E-state index in [2.05, 4.69) is 48.5 Å². The van der Waals surface area contributed by atoms with Gasteiger partial charge in [-0.2, -0.15) is 0 Å². The van der Waals surface area contributed by atoms with E-state index in [-0.39, 0.29) is 0 Å². The highest BCUT2D eigenvalue weighted by Gasteiger charge is 2.07. The zero-order valence-electron chi connectivity index (χ0n) is 17.7. The Kier molecular flexibility index (Phi) is 12.3. The number of carboxylic acid groups (broad SMARTS) is 1. The van der Waals surface area contributed by atoms with Crippen LogP contribution in [0.25, 0.3) is 0 Å². The molecule has 0 aromatic carbocycles. The molecule has 0 heterocycles. The van der Waals surface area contributed by atoms with Crippen molar-refractivity contribution < 1.29 is 9.90 Å². The van der Waals surface area contributed by atoms with E-state index < -0.39 is 5.97 Å². The van der Waals surface area contributed by atoms with Crippen molar-refractivity contribution in [1.82, 2.24) is 0 Å². The number of aliphatic carboxylic acids is 1. The van der Waals surface area contributed by atoms with Gasteiger partial charge >= 0.3 is 5.97 Å². The van der Waals surface area contributed by atoms with E-state index in [1.807, 2.05) is 0 Å². The van der Waals surface area contributed by atoms with Crippen LogP contribution < -0.4 is 0 Å². The van der Waals surface area contributed by atoms with Crippen molar-refractivity contribution in [1.29, 1.82) is 0 Å². The predicted molar refractivity (Wildman–Crippen MR) is 110 cm³/mol. The van der Waals surface area contributed by atoms with E-state index in [1.165, 1.54) is 59.1 Å². The molecule has 0 radical (unpaired) electrons. The number of hydrogen-bond acceptors (Lipinski definition) is 1. The highest BCUT2D eigenvalue weighted by molar-refractivity contribution is 5.66. The highest BCUT2D eigenvalue weighted by atomic mass is 16.4. The van der Waals surface area contributed by atoms with Crippen molar-refractivity contribution in [3.63, 3.8) is 0 Å². The quantitative estimate of drug-likeness (QED) is 0.291. The zero-order valence-corrected chi connectivity index (χ0v) is 17.7. The molecule has 2 nitrogen and oxygen atoms in total. The highest BCUT2D eigenvalue weighted by Crippen LogP contribution is 2.27. The third-order valence-corrected chi connectivity index (χ3v) is 5.54. The van der Waals surface area contributed by atoms with Crippen LogP contribution in [0.15, 0.2) is 33.4 Å². The first-order chi connectivity index (χ1) is 11.7. The van der Waals surface area contributed by atoms with Crippen LogP contribution in [0.3, 0.4) is 0 Å². The second-order valence-corrected chi connectivity index (χ2v) is 7.47. The van der Waals surface area contributed by atoms with E-state index in [0.717, 1.165) is 25.7 Å². The minimum absolute atomic E-state index is 0.311. The van der Waals surface area contributed by atoms with Crippen LogP contribution in [0, 0.1) is 0 Å². The Hall–Kier alpha value is -1.31. The van der Waals surface area contributed by atoms with Gasteiger partial charge in [-0.3, -0.25) is 4.79 Å². The van der Waals surface area contributed by atoms with E-state index in [1.54, 1.807) is 0 Å². The largest absolute Gasteiger partial charge is 0.481 e. The number of carboxylic acids is 1. The fourth-order valence-electron chi connectivity index (χ4n) is 3.15. The lowest BCUT2D eigenvalue weighted by atomic mass is 9.91. The smallest absolute Gasteiger partial charge is 0.303 e. The minimum atomic E-state index is -0.675. The molecule has 0 fully saturated rings. The van der Waals surface area contributed by atoms with Crippen LogP contribution in [0.2, 0.25) is 0 Å². The van der Waals surface area contributed by atoms with Crippen molar-refractivity contribution in [2.75, 3.05) is 0 Å². The van der Waals surface area contributed by atoms with Gasteiger partial charge in [0.2, 0.25) is 0 Å². The van der Waals surface area contributed by atoms with Gasteiger partial charge in [0.1, 0.15) is 0 Å². The zero-order chi connectivity index (χ0) is 19.4. The lowest BCUT2D eigenvalue weighted by Gasteiger charge is -2.15. The van der Waals surface area contributed by atoms with Gasteiger partial charge in [0.25, 0.3) is 0 Å². The molecular weight excluding hydrogens is 308 g/mol. The molecule has 25 heavy (non-hydrogen) atoms. The Bertz CT molecular complexity index is 518. The number of allylic oxidation sites excluding steroid dienone is 6. The molecule has 0 rings (SSSR count). The lowest BCUT2D eigenvalue weighted by Crippen LogP contribution is -1.95. The van der Waals surface area contributed by atoms with Gasteiger partial charge in [-0.05, 0) is 89.5 Å². The summed E-state index contributed by atoms with van der Waals surface area (Å²) in [5, 5.41) is 8.64. The van der Waals surface area contributed by atoms with E-state index in [4.69, 9.17) is 5.11 Å². The molecule has 144 valence electrons. The van der Waals surface area contributed by atoms with Crippen molar-refractivity contribution >= 4 is 5.97 Å². The first-order valence-electron chi connectivity index (χ1n) is 9.95. The molecule has 0 bridgehead atoms. The first-order valence-corrected chi connectivity index (χ1v) is 9.95. The average molecular weight is 349 g/mol. The monoisotopic (exact) mass is 348 g/mol. The maximum atomic E-state index is 10.5. The van der Waals surface area contributed by atoms with E-state index in [0.29, 0.717) is 6.42 Å². The molecule has 0 unspecified atom stereocenters. The van der Waals surface area contributed by atoms with Crippen LogP contribution in [-0.2, 0) is 4.79 Å². The predicted octanol–water partition coefficient (Wildman–Crippen LogP) is 7.61. The van der Waals surface area contributed by atoms with Gasteiger partial charge in [0, 0.05) is 6.42 Å². The molecule has 0 aliphatic carbocycles. The minimum Gasteiger partial charge on any atom is -0.481 e. The lowest BCUT2D eigenvalue weighted by molar-refractivity contribution is -0.137. The van der Waals surface area contributed by atoms with Gasteiger partial charge in [-0.15, -0.1) is 0 Å². The Labute approximate surface area is 156 Å². The molecule has 0 saturated heterocycles. The summed E-state index contributed by atoms with van der Waals surface area (Å²) in [6.07, 6.45) is 9.23. The van der Waals surface area contributed by atoms with Gasteiger partial charge in [0.05, 0.1) is 0 Å². The van der Waals surface area contributed by atoms with Crippen molar-refractivity contribution in [3.8, 4) is 0 Å². The Balaban J connectivity index is 4.61. The summed E-state index contributed by atoms with van der Waals surface area (Å²) in [6, 6.07) is 0. The van der Waals surface area contributed by atoms with Crippen LogP contribution in [-0.4, -0.2) is 11.1 Å². The molecule has 0 aromatic rings. The molecule has 0 saturated carbocycles. The maximum absolute atomic E-state index is 10.5. The van der Waals surface area contributed by atoms with Crippen LogP contribution in [0.5, 0.6) is 0 Å². The second kappa shape index (κ2) is 13.0. The number of carbonyl (C=O) groups is 1. The van der Waals surface area contributed by atoms with Crippen molar-refractivity contribution in [2.24, 2.45) is 0 Å². The molecule has 0 atom stereocenters. The maximum Gasteiger partial charge on any atom is 0.303 e.